The number of hydrogen-bond acceptors (Lipinski definition) is 3. The summed E-state index contributed by atoms with van der Waals surface area (Å²) in [4.78, 5) is 15.9. The Labute approximate surface area is 116 Å². The van der Waals surface area contributed by atoms with Crippen LogP contribution in [0, 0.1) is 0 Å². The second-order valence-electron chi connectivity index (χ2n) is 3.91. The summed E-state index contributed by atoms with van der Waals surface area (Å²) < 4.78 is 5.06. The number of carbonyl (C=O) groups excluding carboxylic acids is 1. The maximum absolute atomic E-state index is 11.8. The lowest BCUT2D eigenvalue weighted by atomic mass is 10.1. The molecule has 0 atom stereocenters. The van der Waals surface area contributed by atoms with E-state index in [0.29, 0.717) is 10.8 Å². The van der Waals surface area contributed by atoms with Crippen LogP contribution in [0.5, 0.6) is 5.75 Å². The molecule has 19 heavy (non-hydrogen) atoms. The second kappa shape index (κ2) is 6.20. The number of carbonyl (C=O) groups is 1. The number of nitrogens with one attached hydrogen (secondary N) is 1. The fourth-order valence-corrected chi connectivity index (χ4v) is 1.75. The van der Waals surface area contributed by atoms with E-state index < -0.39 is 0 Å². The van der Waals surface area contributed by atoms with Gasteiger partial charge in [-0.1, -0.05) is 23.7 Å². The number of ether oxygens (including phenoxy) is 1. The van der Waals surface area contributed by atoms with E-state index in [9.17, 15) is 4.79 Å². The molecule has 2 rings (SSSR count). The average molecular weight is 277 g/mol. The van der Waals surface area contributed by atoms with E-state index in [2.05, 4.69) is 10.3 Å². The van der Waals surface area contributed by atoms with Crippen LogP contribution in [0.15, 0.2) is 42.6 Å². The molecule has 0 unspecified atom stereocenters. The van der Waals surface area contributed by atoms with Crippen LogP contribution in [0.1, 0.15) is 5.56 Å². The number of rotatable bonds is 4. The Bertz CT molecular complexity index is 570. The van der Waals surface area contributed by atoms with Gasteiger partial charge in [-0.05, 0) is 29.8 Å². The van der Waals surface area contributed by atoms with Gasteiger partial charge < -0.3 is 10.1 Å². The summed E-state index contributed by atoms with van der Waals surface area (Å²) in [6, 6.07) is 10.7. The summed E-state index contributed by atoms with van der Waals surface area (Å²) >= 11 is 5.92. The maximum Gasteiger partial charge on any atom is 0.229 e. The number of methoxy groups -OCH3 is 1. The molecule has 0 aliphatic rings. The molecule has 0 saturated heterocycles. The van der Waals surface area contributed by atoms with E-state index in [-0.39, 0.29) is 12.3 Å². The minimum Gasteiger partial charge on any atom is -0.497 e. The van der Waals surface area contributed by atoms with Gasteiger partial charge in [-0.2, -0.15) is 0 Å². The first-order valence-electron chi connectivity index (χ1n) is 5.72. The molecule has 2 aromatic rings. The molecule has 98 valence electrons. The van der Waals surface area contributed by atoms with Crippen LogP contribution in [0.3, 0.4) is 0 Å². The third-order valence-electron chi connectivity index (χ3n) is 2.54. The van der Waals surface area contributed by atoms with Gasteiger partial charge in [0.1, 0.15) is 5.75 Å². The number of halogens is 1. The molecule has 0 aliphatic heterocycles. The van der Waals surface area contributed by atoms with Crippen molar-refractivity contribution >= 4 is 23.3 Å². The van der Waals surface area contributed by atoms with Crippen LogP contribution in [-0.2, 0) is 11.2 Å². The first-order valence-corrected chi connectivity index (χ1v) is 6.10. The molecule has 1 N–H and O–H groups in total. The number of aromatic nitrogens is 1. The molecule has 1 heterocycles. The number of nitrogens with zero attached hydrogens (tertiary/aromatic N) is 1. The van der Waals surface area contributed by atoms with Gasteiger partial charge in [0.2, 0.25) is 5.91 Å². The fraction of sp³-hybridized carbons (Fsp3) is 0.143. The smallest absolute Gasteiger partial charge is 0.229 e. The summed E-state index contributed by atoms with van der Waals surface area (Å²) in [6.07, 6.45) is 1.84. The number of amides is 1. The standard InChI is InChI=1S/C14H13ClN2O2/c1-19-11-6-4-10(5-7-11)9-13(18)17-14-12(15)3-2-8-16-14/h2-8H,9H2,1H3,(H,16,17,18). The summed E-state index contributed by atoms with van der Waals surface area (Å²) in [5.41, 5.74) is 0.894. The van der Waals surface area contributed by atoms with Crippen molar-refractivity contribution in [3.63, 3.8) is 0 Å². The Morgan fingerprint density at radius 2 is 2.05 bits per heavy atom. The highest BCUT2D eigenvalue weighted by atomic mass is 35.5. The minimum atomic E-state index is -0.161. The summed E-state index contributed by atoms with van der Waals surface area (Å²) in [5.74, 6) is 0.977. The van der Waals surface area contributed by atoms with Gasteiger partial charge in [0.25, 0.3) is 0 Å². The van der Waals surface area contributed by atoms with Gasteiger partial charge in [0, 0.05) is 6.20 Å². The Morgan fingerprint density at radius 1 is 1.32 bits per heavy atom. The predicted octanol–water partition coefficient (Wildman–Crippen LogP) is 2.92. The zero-order valence-electron chi connectivity index (χ0n) is 10.4. The lowest BCUT2D eigenvalue weighted by molar-refractivity contribution is -0.115. The normalized spacial score (nSPS) is 10.0. The molecular weight excluding hydrogens is 264 g/mol. The van der Waals surface area contributed by atoms with Crippen molar-refractivity contribution in [1.82, 2.24) is 4.98 Å². The van der Waals surface area contributed by atoms with Gasteiger partial charge in [0.15, 0.2) is 5.82 Å². The number of benzene rings is 1. The lowest BCUT2D eigenvalue weighted by Gasteiger charge is -2.06. The van der Waals surface area contributed by atoms with E-state index >= 15 is 0 Å². The van der Waals surface area contributed by atoms with Gasteiger partial charge in [0.05, 0.1) is 18.6 Å². The third-order valence-corrected chi connectivity index (χ3v) is 2.85. The van der Waals surface area contributed by atoms with Crippen molar-refractivity contribution in [2.24, 2.45) is 0 Å². The third kappa shape index (κ3) is 3.69. The molecule has 0 saturated carbocycles. The Balaban J connectivity index is 1.99. The van der Waals surface area contributed by atoms with Crippen LogP contribution in [0.4, 0.5) is 5.82 Å². The molecule has 1 aromatic heterocycles. The largest absolute Gasteiger partial charge is 0.497 e. The number of anilines is 1. The van der Waals surface area contributed by atoms with Crippen LogP contribution >= 0.6 is 11.6 Å². The first-order chi connectivity index (χ1) is 9.19. The Kier molecular flexibility index (Phi) is 4.36. The molecule has 0 aliphatic carbocycles. The topological polar surface area (TPSA) is 51.2 Å². The van der Waals surface area contributed by atoms with Crippen LogP contribution in [0.2, 0.25) is 5.02 Å². The van der Waals surface area contributed by atoms with Crippen molar-refractivity contribution in [1.29, 1.82) is 0 Å². The quantitative estimate of drug-likeness (QED) is 0.934. The van der Waals surface area contributed by atoms with Crippen molar-refractivity contribution in [2.45, 2.75) is 6.42 Å². The van der Waals surface area contributed by atoms with Crippen LogP contribution in [0.25, 0.3) is 0 Å². The predicted molar refractivity (Wildman–Crippen MR) is 74.6 cm³/mol. The summed E-state index contributed by atoms with van der Waals surface area (Å²) in [6.45, 7) is 0. The minimum absolute atomic E-state index is 0.161. The van der Waals surface area contributed by atoms with E-state index in [1.165, 1.54) is 0 Å². The highest BCUT2D eigenvalue weighted by Gasteiger charge is 2.07. The summed E-state index contributed by atoms with van der Waals surface area (Å²) in [7, 11) is 1.60. The summed E-state index contributed by atoms with van der Waals surface area (Å²) in [5, 5.41) is 3.10. The van der Waals surface area contributed by atoms with Crippen molar-refractivity contribution in [3.8, 4) is 5.75 Å². The molecule has 4 nitrogen and oxygen atoms in total. The molecule has 1 aromatic carbocycles. The monoisotopic (exact) mass is 276 g/mol. The van der Waals surface area contributed by atoms with Crippen molar-refractivity contribution in [2.75, 3.05) is 12.4 Å². The van der Waals surface area contributed by atoms with Gasteiger partial charge in [-0.3, -0.25) is 4.79 Å². The molecule has 0 fully saturated rings. The van der Waals surface area contributed by atoms with Crippen molar-refractivity contribution < 1.29 is 9.53 Å². The molecule has 0 spiro atoms. The van der Waals surface area contributed by atoms with E-state index in [1.807, 2.05) is 24.3 Å². The van der Waals surface area contributed by atoms with E-state index in [0.717, 1.165) is 11.3 Å². The fourth-order valence-electron chi connectivity index (χ4n) is 1.58. The second-order valence-corrected chi connectivity index (χ2v) is 4.31. The molecule has 0 radical (unpaired) electrons. The molecule has 1 amide bonds. The Morgan fingerprint density at radius 3 is 2.68 bits per heavy atom. The Hall–Kier alpha value is -2.07. The van der Waals surface area contributed by atoms with Crippen LogP contribution < -0.4 is 10.1 Å². The number of hydrogen-bond donors (Lipinski definition) is 1. The van der Waals surface area contributed by atoms with Gasteiger partial charge in [-0.15, -0.1) is 0 Å². The van der Waals surface area contributed by atoms with Gasteiger partial charge >= 0.3 is 0 Å². The zero-order chi connectivity index (χ0) is 13.7. The van der Waals surface area contributed by atoms with Crippen LogP contribution in [-0.4, -0.2) is 18.0 Å². The maximum atomic E-state index is 11.8. The SMILES string of the molecule is COc1ccc(CC(=O)Nc2ncccc2Cl)cc1. The van der Waals surface area contributed by atoms with Crippen molar-refractivity contribution in [3.05, 3.63) is 53.2 Å². The first kappa shape index (κ1) is 13.4. The van der Waals surface area contributed by atoms with E-state index in [1.54, 1.807) is 25.4 Å². The van der Waals surface area contributed by atoms with E-state index in [4.69, 9.17) is 16.3 Å². The zero-order valence-corrected chi connectivity index (χ0v) is 11.1. The lowest BCUT2D eigenvalue weighted by Crippen LogP contribution is -2.15. The van der Waals surface area contributed by atoms with Gasteiger partial charge in [-0.25, -0.2) is 4.98 Å². The molecule has 0 bridgehead atoms. The molecule has 5 heteroatoms. The highest BCUT2D eigenvalue weighted by Crippen LogP contribution is 2.18. The number of pyridine rings is 1. The molecular formula is C14H13ClN2O2. The highest BCUT2D eigenvalue weighted by molar-refractivity contribution is 6.33. The average Bonchev–Trinajstić information content (AvgIpc) is 2.42.